The second-order valence-electron chi connectivity index (χ2n) is 13.8. The van der Waals surface area contributed by atoms with E-state index >= 15 is 0 Å². The molecule has 0 unspecified atom stereocenters. The number of alkyl halides is 4. The molecule has 0 saturated carbocycles. The maximum Gasteiger partial charge on any atom is 1.00 e. The first kappa shape index (κ1) is 51.9. The number of fused-ring (bicyclic) bond motifs is 1. The summed E-state index contributed by atoms with van der Waals surface area (Å²) in [5.74, 6) is -1.72. The molecule has 2 N–H and O–H groups in total. The predicted molar refractivity (Wildman–Crippen MR) is 224 cm³/mol. The van der Waals surface area contributed by atoms with E-state index in [1.54, 1.807) is 0 Å². The number of ether oxygens (including phenoxy) is 2. The van der Waals surface area contributed by atoms with Gasteiger partial charge in [0.25, 0.3) is 0 Å². The number of amides is 1. The zero-order chi connectivity index (χ0) is 42.3. The molecular weight excluding hydrogens is 950 g/mol. The van der Waals surface area contributed by atoms with Crippen molar-refractivity contribution >= 4 is 76.6 Å². The van der Waals surface area contributed by atoms with Gasteiger partial charge in [-0.1, -0.05) is 122 Å². The predicted octanol–water partition coefficient (Wildman–Crippen LogP) is 9.92. The van der Waals surface area contributed by atoms with Crippen molar-refractivity contribution in [3.63, 3.8) is 0 Å². The molecule has 0 saturated heterocycles. The molecule has 0 atom stereocenters. The number of halogens is 6. The second-order valence-corrected chi connectivity index (χ2v) is 16.2. The average Bonchev–Trinajstić information content (AvgIpc) is 3.62. The van der Waals surface area contributed by atoms with E-state index in [9.17, 15) is 27.6 Å². The van der Waals surface area contributed by atoms with Gasteiger partial charge in [0.1, 0.15) is 11.4 Å². The largest absolute Gasteiger partial charge is 1.00 e. The smallest absolute Gasteiger partial charge is 1.00 e. The Labute approximate surface area is 380 Å². The van der Waals surface area contributed by atoms with Crippen LogP contribution in [-0.2, 0) is 37.7 Å². The Kier molecular flexibility index (Phi) is 21.9. The van der Waals surface area contributed by atoms with Gasteiger partial charge in [-0.05, 0) is 91.6 Å². The standard InChI is InChI=1S/C12H16BrNO2.C12H15BrO2.C12H10O2.C6H4BrF3O.Na.H/c1-12(2,3)16-11(15)14-8-9-4-6-10(13)7-5-9;1-12(2,8-11(14)15-3)9-5-4-6-10(13)7-9;1-8-6-7-9-4-2-3-5-10(9)11(8)12(13)14;7-3-4-1-2-5(11-4)6(8,9)10;;/h4-7H,8H2,1-3H3,(H,14,15);4-7H,8H2,1-3H3;2-7H,1H3,(H,13,14);1-2H,3H2;;/q;;;;+1;-1. The molecule has 0 spiro atoms. The minimum atomic E-state index is -4.37. The number of furan rings is 1. The number of benzene rings is 4. The minimum Gasteiger partial charge on any atom is -1.00 e. The van der Waals surface area contributed by atoms with Gasteiger partial charge in [-0.3, -0.25) is 4.79 Å². The molecule has 1 aromatic heterocycles. The third kappa shape index (κ3) is 19.0. The van der Waals surface area contributed by atoms with Crippen molar-refractivity contribution in [1.82, 2.24) is 5.32 Å². The summed E-state index contributed by atoms with van der Waals surface area (Å²) < 4.78 is 51.8. The molecule has 304 valence electrons. The van der Waals surface area contributed by atoms with E-state index in [1.807, 2.05) is 126 Å². The number of hydrogen-bond donors (Lipinski definition) is 2. The van der Waals surface area contributed by atoms with E-state index in [0.29, 0.717) is 23.9 Å². The van der Waals surface area contributed by atoms with Crippen molar-refractivity contribution in [2.45, 2.75) is 77.0 Å². The Morgan fingerprint density at radius 2 is 1.47 bits per heavy atom. The van der Waals surface area contributed by atoms with E-state index in [2.05, 4.69) is 62.3 Å². The third-order valence-corrected chi connectivity index (χ3v) is 9.17. The number of rotatable bonds is 7. The van der Waals surface area contributed by atoms with E-state index in [1.165, 1.54) is 13.2 Å². The quantitative estimate of drug-likeness (QED) is 0.0949. The maximum absolute atomic E-state index is 11.8. The van der Waals surface area contributed by atoms with Crippen LogP contribution in [0.2, 0.25) is 0 Å². The van der Waals surface area contributed by atoms with Crippen LogP contribution >= 0.6 is 47.8 Å². The normalized spacial score (nSPS) is 10.9. The number of carboxylic acid groups (broad SMARTS) is 1. The third-order valence-electron chi connectivity index (χ3n) is 7.59. The summed E-state index contributed by atoms with van der Waals surface area (Å²) in [5, 5.41) is 13.8. The van der Waals surface area contributed by atoms with Crippen LogP contribution in [0.15, 0.2) is 110 Å². The first-order chi connectivity index (χ1) is 26.1. The van der Waals surface area contributed by atoms with Gasteiger partial charge < -0.3 is 25.7 Å². The Balaban J connectivity index is 0.000000744. The Morgan fingerprint density at radius 1 is 0.842 bits per heavy atom. The van der Waals surface area contributed by atoms with Crippen molar-refractivity contribution in [2.24, 2.45) is 0 Å². The van der Waals surface area contributed by atoms with Crippen molar-refractivity contribution in [2.75, 3.05) is 7.11 Å². The van der Waals surface area contributed by atoms with Crippen LogP contribution in [0.1, 0.15) is 81.0 Å². The van der Waals surface area contributed by atoms with Gasteiger partial charge in [-0.25, -0.2) is 9.59 Å². The summed E-state index contributed by atoms with van der Waals surface area (Å²) in [6.45, 7) is 11.9. The zero-order valence-electron chi connectivity index (χ0n) is 34.0. The van der Waals surface area contributed by atoms with Crippen LogP contribution in [0.25, 0.3) is 10.8 Å². The fourth-order valence-electron chi connectivity index (χ4n) is 4.80. The molecule has 0 aliphatic heterocycles. The van der Waals surface area contributed by atoms with Crippen molar-refractivity contribution in [3.05, 3.63) is 140 Å². The van der Waals surface area contributed by atoms with Crippen LogP contribution in [0.5, 0.6) is 0 Å². The number of carboxylic acids is 1. The van der Waals surface area contributed by atoms with Crippen LogP contribution in [-0.4, -0.2) is 35.8 Å². The monoisotopic (exact) mass is 993 g/mol. The summed E-state index contributed by atoms with van der Waals surface area (Å²) in [4.78, 5) is 33.6. The van der Waals surface area contributed by atoms with Crippen molar-refractivity contribution < 1.29 is 77.5 Å². The number of methoxy groups -OCH3 is 1. The molecule has 0 fully saturated rings. The Morgan fingerprint density at radius 3 is 1.98 bits per heavy atom. The first-order valence-electron chi connectivity index (χ1n) is 17.0. The number of hydrogen-bond acceptors (Lipinski definition) is 6. The van der Waals surface area contributed by atoms with Gasteiger partial charge in [0.15, 0.2) is 0 Å². The molecule has 0 aliphatic rings. The molecule has 0 radical (unpaired) electrons. The Hall–Kier alpha value is -3.14. The van der Waals surface area contributed by atoms with E-state index < -0.39 is 29.6 Å². The second kappa shape index (κ2) is 24.1. The number of aryl methyl sites for hydroxylation is 1. The van der Waals surface area contributed by atoms with Crippen molar-refractivity contribution in [1.29, 1.82) is 0 Å². The fourth-order valence-corrected chi connectivity index (χ4v) is 5.77. The first-order valence-corrected chi connectivity index (χ1v) is 19.7. The molecule has 57 heavy (non-hydrogen) atoms. The zero-order valence-corrected chi connectivity index (χ0v) is 39.8. The van der Waals surface area contributed by atoms with Gasteiger partial charge in [0.05, 0.1) is 24.4 Å². The summed E-state index contributed by atoms with van der Waals surface area (Å²) >= 11 is 9.75. The molecule has 1 heterocycles. The maximum atomic E-state index is 11.8. The molecule has 15 heteroatoms. The molecule has 8 nitrogen and oxygen atoms in total. The topological polar surface area (TPSA) is 115 Å². The van der Waals surface area contributed by atoms with Crippen LogP contribution in [0.4, 0.5) is 18.0 Å². The van der Waals surface area contributed by atoms with Gasteiger partial charge in [-0.15, -0.1) is 0 Å². The molecule has 0 aliphatic carbocycles. The van der Waals surface area contributed by atoms with E-state index in [4.69, 9.17) is 9.84 Å². The van der Waals surface area contributed by atoms with Gasteiger partial charge in [0.2, 0.25) is 5.76 Å². The molecule has 4 aromatic carbocycles. The SMILES string of the molecule is CC(C)(C)OC(=O)NCc1ccc(Br)cc1.COC(=O)CC(C)(C)c1cccc(Br)c1.Cc1ccc2ccccc2c1C(=O)O.FC(F)(F)c1ccc(CBr)o1.[H-].[Na+]. The summed E-state index contributed by atoms with van der Waals surface area (Å²) in [6.07, 6.45) is -4.38. The number of alkyl carbamates (subject to hydrolysis) is 1. The minimum absolute atomic E-state index is 0. The number of esters is 1. The molecule has 5 aromatic rings. The fraction of sp³-hybridized carbons (Fsp3) is 0.310. The molecule has 5 rings (SSSR count). The van der Waals surface area contributed by atoms with Crippen molar-refractivity contribution in [3.8, 4) is 0 Å². The summed E-state index contributed by atoms with van der Waals surface area (Å²) in [6, 6.07) is 29.3. The van der Waals surface area contributed by atoms with E-state index in [0.717, 1.165) is 42.5 Å². The number of aromatic carboxylic acids is 1. The molecule has 1 amide bonds. The molecule has 0 bridgehead atoms. The summed E-state index contributed by atoms with van der Waals surface area (Å²) in [5.41, 5.74) is 2.72. The average molecular weight is 997 g/mol. The van der Waals surface area contributed by atoms with Gasteiger partial charge in [-0.2, -0.15) is 13.2 Å². The summed E-state index contributed by atoms with van der Waals surface area (Å²) in [7, 11) is 1.42. The van der Waals surface area contributed by atoms with Gasteiger partial charge >= 0.3 is 53.8 Å². The van der Waals surface area contributed by atoms with E-state index in [-0.39, 0.29) is 48.1 Å². The number of carbonyl (C=O) groups excluding carboxylic acids is 2. The van der Waals surface area contributed by atoms with Crippen LogP contribution in [0, 0.1) is 6.92 Å². The Bertz CT molecular complexity index is 2050. The van der Waals surface area contributed by atoms with Crippen LogP contribution < -0.4 is 34.9 Å². The van der Waals surface area contributed by atoms with Gasteiger partial charge in [0, 0.05) is 20.9 Å². The molecular formula is C42H46Br3F3NNaO7. The van der Waals surface area contributed by atoms with Crippen LogP contribution in [0.3, 0.4) is 0 Å². The number of nitrogens with one attached hydrogen (secondary N) is 1. The number of carbonyl (C=O) groups is 3.